The molecule has 6 nitrogen and oxygen atoms in total. The van der Waals surface area contributed by atoms with Gasteiger partial charge in [-0.1, -0.05) is 0 Å². The van der Waals surface area contributed by atoms with Crippen molar-refractivity contribution < 1.29 is 17.9 Å². The smallest absolute Gasteiger partial charge is 0.410 e. The number of nitrogens with one attached hydrogen (secondary N) is 1. The van der Waals surface area contributed by atoms with Crippen LogP contribution < -0.4 is 5.32 Å². The van der Waals surface area contributed by atoms with Crippen molar-refractivity contribution in [3.05, 3.63) is 0 Å². The molecule has 2 aliphatic heterocycles. The average Bonchev–Trinajstić information content (AvgIpc) is 2.84. The summed E-state index contributed by atoms with van der Waals surface area (Å²) in [5.74, 6) is 1.00. The van der Waals surface area contributed by atoms with Gasteiger partial charge in [0.05, 0.1) is 11.5 Å². The van der Waals surface area contributed by atoms with Crippen LogP contribution >= 0.6 is 0 Å². The van der Waals surface area contributed by atoms with Gasteiger partial charge in [0.25, 0.3) is 0 Å². The van der Waals surface area contributed by atoms with Crippen molar-refractivity contribution in [3.63, 3.8) is 0 Å². The first-order chi connectivity index (χ1) is 10.1. The summed E-state index contributed by atoms with van der Waals surface area (Å²) in [5.41, 5.74) is -0.457. The largest absolute Gasteiger partial charge is 0.444 e. The van der Waals surface area contributed by atoms with E-state index in [1.165, 1.54) is 0 Å². The summed E-state index contributed by atoms with van der Waals surface area (Å²) in [6.07, 6.45) is 2.13. The molecule has 0 radical (unpaired) electrons. The van der Waals surface area contributed by atoms with Crippen LogP contribution in [-0.2, 0) is 14.6 Å². The lowest BCUT2D eigenvalue weighted by Crippen LogP contribution is -2.40. The number of ether oxygens (including phenoxy) is 1. The monoisotopic (exact) mass is 332 g/mol. The maximum atomic E-state index is 12.0. The van der Waals surface area contributed by atoms with Crippen molar-refractivity contribution in [2.24, 2.45) is 5.92 Å². The molecule has 1 atom stereocenters. The number of sulfone groups is 1. The van der Waals surface area contributed by atoms with Crippen LogP contribution in [0.3, 0.4) is 0 Å². The van der Waals surface area contributed by atoms with E-state index in [1.54, 1.807) is 4.90 Å². The van der Waals surface area contributed by atoms with E-state index in [9.17, 15) is 13.2 Å². The van der Waals surface area contributed by atoms with Gasteiger partial charge in [-0.15, -0.1) is 0 Å². The highest BCUT2D eigenvalue weighted by atomic mass is 32.2. The molecule has 0 aromatic heterocycles. The lowest BCUT2D eigenvalue weighted by Gasteiger charge is -2.26. The zero-order valence-electron chi connectivity index (χ0n) is 13.8. The lowest BCUT2D eigenvalue weighted by atomic mass is 10.1. The number of hydrogen-bond acceptors (Lipinski definition) is 5. The van der Waals surface area contributed by atoms with Gasteiger partial charge in [-0.3, -0.25) is 0 Å². The van der Waals surface area contributed by atoms with Crippen LogP contribution in [0.1, 0.15) is 40.0 Å². The van der Waals surface area contributed by atoms with Crippen molar-refractivity contribution in [2.75, 3.05) is 31.1 Å². The number of nitrogens with zero attached hydrogens (tertiary/aromatic N) is 1. The zero-order valence-corrected chi connectivity index (χ0v) is 14.6. The summed E-state index contributed by atoms with van der Waals surface area (Å²) in [5, 5.41) is 3.47. The van der Waals surface area contributed by atoms with Crippen molar-refractivity contribution in [3.8, 4) is 0 Å². The highest BCUT2D eigenvalue weighted by Crippen LogP contribution is 2.20. The Kier molecular flexibility index (Phi) is 5.37. The molecule has 0 aromatic rings. The molecule has 0 saturated carbocycles. The zero-order chi connectivity index (χ0) is 16.4. The maximum absolute atomic E-state index is 12.0. The second-order valence-corrected chi connectivity index (χ2v) is 9.72. The van der Waals surface area contributed by atoms with Gasteiger partial charge in [-0.25, -0.2) is 13.2 Å². The Morgan fingerprint density at radius 3 is 2.45 bits per heavy atom. The van der Waals surface area contributed by atoms with Crippen LogP contribution in [0.2, 0.25) is 0 Å². The van der Waals surface area contributed by atoms with E-state index < -0.39 is 15.4 Å². The van der Waals surface area contributed by atoms with Crippen LogP contribution in [0.25, 0.3) is 0 Å². The van der Waals surface area contributed by atoms with Gasteiger partial charge in [0.2, 0.25) is 0 Å². The Labute approximate surface area is 133 Å². The topological polar surface area (TPSA) is 75.7 Å². The van der Waals surface area contributed by atoms with Gasteiger partial charge in [0.15, 0.2) is 0 Å². The van der Waals surface area contributed by atoms with Crippen LogP contribution in [0.4, 0.5) is 4.79 Å². The van der Waals surface area contributed by atoms with Crippen LogP contribution in [0.15, 0.2) is 0 Å². The number of carbonyl (C=O) groups excluding carboxylic acids is 1. The van der Waals surface area contributed by atoms with Crippen molar-refractivity contribution in [1.29, 1.82) is 0 Å². The van der Waals surface area contributed by atoms with Crippen molar-refractivity contribution in [2.45, 2.75) is 51.7 Å². The van der Waals surface area contributed by atoms with Crippen LogP contribution in [0, 0.1) is 5.92 Å². The first kappa shape index (κ1) is 17.5. The molecule has 0 bridgehead atoms. The maximum Gasteiger partial charge on any atom is 0.410 e. The van der Waals surface area contributed by atoms with E-state index in [2.05, 4.69) is 5.32 Å². The first-order valence-electron chi connectivity index (χ1n) is 8.06. The molecule has 2 rings (SSSR count). The minimum atomic E-state index is -2.80. The number of carbonyl (C=O) groups is 1. The lowest BCUT2D eigenvalue weighted by molar-refractivity contribution is 0.0288. The second-order valence-electron chi connectivity index (χ2n) is 7.42. The Morgan fingerprint density at radius 2 is 1.86 bits per heavy atom. The van der Waals surface area contributed by atoms with E-state index in [4.69, 9.17) is 4.74 Å². The molecule has 2 aliphatic rings. The Bertz CT molecular complexity index is 484. The highest BCUT2D eigenvalue weighted by Gasteiger charge is 2.30. The third-order valence-corrected chi connectivity index (χ3v) is 5.90. The molecule has 2 saturated heterocycles. The molecule has 22 heavy (non-hydrogen) atoms. The molecule has 0 aliphatic carbocycles. The van der Waals surface area contributed by atoms with E-state index in [1.807, 2.05) is 20.8 Å². The quantitative estimate of drug-likeness (QED) is 0.846. The predicted molar refractivity (Wildman–Crippen MR) is 85.6 cm³/mol. The minimum absolute atomic E-state index is 0.237. The van der Waals surface area contributed by atoms with Gasteiger partial charge in [-0.2, -0.15) is 0 Å². The summed E-state index contributed by atoms with van der Waals surface area (Å²) in [4.78, 5) is 13.8. The fourth-order valence-corrected chi connectivity index (χ4v) is 4.41. The Morgan fingerprint density at radius 1 is 1.23 bits per heavy atom. The number of rotatable bonds is 3. The number of amides is 1. The second kappa shape index (κ2) is 6.74. The summed E-state index contributed by atoms with van der Waals surface area (Å²) in [7, 11) is -2.80. The van der Waals surface area contributed by atoms with Gasteiger partial charge in [-0.05, 0) is 52.5 Å². The van der Waals surface area contributed by atoms with E-state index in [-0.39, 0.29) is 6.09 Å². The van der Waals surface area contributed by atoms with Crippen molar-refractivity contribution >= 4 is 15.9 Å². The summed E-state index contributed by atoms with van der Waals surface area (Å²) in [6, 6.07) is 0.291. The fourth-order valence-electron chi connectivity index (χ4n) is 2.92. The predicted octanol–water partition coefficient (Wildman–Crippen LogP) is 1.41. The standard InChI is InChI=1S/C15H28N2O4S/c1-15(2,3)21-14(18)17-7-4-12(11-17)10-16-13-5-8-22(19,20)9-6-13/h12-13,16H,4-11H2,1-3H3. The molecule has 1 unspecified atom stereocenters. The molecule has 1 N–H and O–H groups in total. The van der Waals surface area contributed by atoms with Gasteiger partial charge in [0, 0.05) is 19.1 Å². The van der Waals surface area contributed by atoms with Crippen molar-refractivity contribution in [1.82, 2.24) is 10.2 Å². The molecule has 0 spiro atoms. The fraction of sp³-hybridized carbons (Fsp3) is 0.933. The summed E-state index contributed by atoms with van der Waals surface area (Å²) < 4.78 is 28.2. The highest BCUT2D eigenvalue weighted by molar-refractivity contribution is 7.91. The third kappa shape index (κ3) is 5.43. The molecule has 2 fully saturated rings. The van der Waals surface area contributed by atoms with Gasteiger partial charge in [0.1, 0.15) is 15.4 Å². The SMILES string of the molecule is CC(C)(C)OC(=O)N1CCC(CNC2CCS(=O)(=O)CC2)C1. The first-order valence-corrected chi connectivity index (χ1v) is 9.88. The Hall–Kier alpha value is -0.820. The summed E-state index contributed by atoms with van der Waals surface area (Å²) in [6.45, 7) is 7.91. The molecule has 1 amide bonds. The van der Waals surface area contributed by atoms with E-state index >= 15 is 0 Å². The summed E-state index contributed by atoms with van der Waals surface area (Å²) >= 11 is 0. The molecule has 7 heteroatoms. The van der Waals surface area contributed by atoms with Crippen LogP contribution in [0.5, 0.6) is 0 Å². The Balaban J connectivity index is 1.70. The molecule has 2 heterocycles. The van der Waals surface area contributed by atoms with Gasteiger partial charge >= 0.3 is 6.09 Å². The molecule has 0 aromatic carbocycles. The molecule has 128 valence electrons. The van der Waals surface area contributed by atoms with E-state index in [0.29, 0.717) is 42.9 Å². The normalized spacial score (nSPS) is 26.1. The third-order valence-electron chi connectivity index (χ3n) is 4.19. The number of hydrogen-bond donors (Lipinski definition) is 1. The minimum Gasteiger partial charge on any atom is -0.444 e. The average molecular weight is 332 g/mol. The molecular formula is C15H28N2O4S. The van der Waals surface area contributed by atoms with Gasteiger partial charge < -0.3 is 15.0 Å². The molecular weight excluding hydrogens is 304 g/mol. The van der Waals surface area contributed by atoms with E-state index in [0.717, 1.165) is 19.5 Å². The number of likely N-dealkylation sites (tertiary alicyclic amines) is 1. The van der Waals surface area contributed by atoms with Crippen LogP contribution in [-0.4, -0.2) is 62.2 Å².